The Morgan fingerprint density at radius 3 is 3.06 bits per heavy atom. The van der Waals surface area contributed by atoms with E-state index in [4.69, 9.17) is 11.6 Å². The molecule has 1 aliphatic heterocycles. The third-order valence-corrected chi connectivity index (χ3v) is 2.97. The molecular formula is C11H13ClN4O2. The normalized spacial score (nSPS) is 15.1. The fraction of sp³-hybridized carbons (Fsp3) is 0.364. The topological polar surface area (TPSA) is 80.1 Å². The first-order valence-corrected chi connectivity index (χ1v) is 5.97. The molecule has 0 atom stereocenters. The van der Waals surface area contributed by atoms with Crippen LogP contribution in [0.25, 0.3) is 0 Å². The Labute approximate surface area is 109 Å². The third-order valence-electron chi connectivity index (χ3n) is 2.68. The van der Waals surface area contributed by atoms with Crippen molar-refractivity contribution in [3.63, 3.8) is 0 Å². The first kappa shape index (κ1) is 12.8. The van der Waals surface area contributed by atoms with E-state index >= 15 is 0 Å². The number of halogens is 1. The molecule has 7 heteroatoms. The van der Waals surface area contributed by atoms with Crippen molar-refractivity contribution in [2.75, 3.05) is 25.0 Å². The number of anilines is 1. The molecule has 0 saturated heterocycles. The molecule has 96 valence electrons. The predicted octanol–water partition coefficient (Wildman–Crippen LogP) is 1.97. The van der Waals surface area contributed by atoms with Crippen molar-refractivity contribution in [3.8, 4) is 0 Å². The molecule has 1 aliphatic rings. The number of hydrogen-bond acceptors (Lipinski definition) is 5. The molecule has 2 N–H and O–H groups in total. The minimum Gasteiger partial charge on any atom is -0.365 e. The highest BCUT2D eigenvalue weighted by Gasteiger charge is 2.11. The minimum absolute atomic E-state index is 0.105. The van der Waals surface area contributed by atoms with Gasteiger partial charge in [-0.1, -0.05) is 23.3 Å². The average molecular weight is 269 g/mol. The second kappa shape index (κ2) is 5.79. The highest BCUT2D eigenvalue weighted by atomic mass is 35.5. The summed E-state index contributed by atoms with van der Waals surface area (Å²) in [6.07, 6.45) is 4.30. The van der Waals surface area contributed by atoms with Crippen molar-refractivity contribution in [1.82, 2.24) is 10.3 Å². The SMILES string of the molecule is O=[N+]([O-])c1cnc(NCC2=CCNCC2)c(Cl)c1. The lowest BCUT2D eigenvalue weighted by Crippen LogP contribution is -2.23. The molecule has 1 aromatic heterocycles. The predicted molar refractivity (Wildman–Crippen MR) is 70.0 cm³/mol. The molecule has 0 spiro atoms. The molecule has 18 heavy (non-hydrogen) atoms. The summed E-state index contributed by atoms with van der Waals surface area (Å²) in [4.78, 5) is 14.0. The van der Waals surface area contributed by atoms with Gasteiger partial charge >= 0.3 is 0 Å². The van der Waals surface area contributed by atoms with E-state index in [1.165, 1.54) is 17.8 Å². The summed E-state index contributed by atoms with van der Waals surface area (Å²) in [5.74, 6) is 0.474. The molecule has 0 amide bonds. The van der Waals surface area contributed by atoms with Gasteiger partial charge in [-0.05, 0) is 13.0 Å². The van der Waals surface area contributed by atoms with Crippen LogP contribution in [0, 0.1) is 10.1 Å². The highest BCUT2D eigenvalue weighted by molar-refractivity contribution is 6.33. The maximum atomic E-state index is 10.5. The number of rotatable bonds is 4. The number of aromatic nitrogens is 1. The Balaban J connectivity index is 2.01. The van der Waals surface area contributed by atoms with Gasteiger partial charge in [0.25, 0.3) is 5.69 Å². The zero-order valence-electron chi connectivity index (χ0n) is 9.65. The Morgan fingerprint density at radius 2 is 2.44 bits per heavy atom. The Hall–Kier alpha value is -1.66. The molecule has 0 saturated carbocycles. The molecule has 0 bridgehead atoms. The summed E-state index contributed by atoms with van der Waals surface area (Å²) >= 11 is 5.93. The monoisotopic (exact) mass is 268 g/mol. The van der Waals surface area contributed by atoms with Crippen molar-refractivity contribution >= 4 is 23.1 Å². The summed E-state index contributed by atoms with van der Waals surface area (Å²) in [5, 5.41) is 17.1. The van der Waals surface area contributed by atoms with E-state index < -0.39 is 4.92 Å². The van der Waals surface area contributed by atoms with Crippen LogP contribution >= 0.6 is 11.6 Å². The molecule has 0 fully saturated rings. The summed E-state index contributed by atoms with van der Waals surface area (Å²) in [6, 6.07) is 1.30. The van der Waals surface area contributed by atoms with Crippen molar-refractivity contribution < 1.29 is 4.92 Å². The van der Waals surface area contributed by atoms with E-state index in [2.05, 4.69) is 21.7 Å². The van der Waals surface area contributed by atoms with E-state index in [1.54, 1.807) is 0 Å². The van der Waals surface area contributed by atoms with E-state index in [1.807, 2.05) is 0 Å². The molecule has 0 aromatic carbocycles. The zero-order valence-corrected chi connectivity index (χ0v) is 10.4. The highest BCUT2D eigenvalue weighted by Crippen LogP contribution is 2.24. The van der Waals surface area contributed by atoms with Crippen LogP contribution in [0.1, 0.15) is 6.42 Å². The summed E-state index contributed by atoms with van der Waals surface area (Å²) in [7, 11) is 0. The Bertz CT molecular complexity index is 490. The van der Waals surface area contributed by atoms with Crippen LogP contribution in [-0.2, 0) is 0 Å². The van der Waals surface area contributed by atoms with Crippen LogP contribution < -0.4 is 10.6 Å². The van der Waals surface area contributed by atoms with Gasteiger partial charge in [0, 0.05) is 19.2 Å². The summed E-state index contributed by atoms with van der Waals surface area (Å²) in [5.41, 5.74) is 1.18. The van der Waals surface area contributed by atoms with Gasteiger partial charge in [0.15, 0.2) is 0 Å². The summed E-state index contributed by atoms with van der Waals surface area (Å²) < 4.78 is 0. The van der Waals surface area contributed by atoms with Crippen LogP contribution in [0.4, 0.5) is 11.5 Å². The number of nitro groups is 1. The van der Waals surface area contributed by atoms with Gasteiger partial charge < -0.3 is 10.6 Å². The lowest BCUT2D eigenvalue weighted by molar-refractivity contribution is -0.385. The zero-order chi connectivity index (χ0) is 13.0. The van der Waals surface area contributed by atoms with Crippen LogP contribution in [0.2, 0.25) is 5.02 Å². The average Bonchev–Trinajstić information content (AvgIpc) is 2.38. The second-order valence-electron chi connectivity index (χ2n) is 3.95. The smallest absolute Gasteiger partial charge is 0.289 e. The molecule has 2 rings (SSSR count). The van der Waals surface area contributed by atoms with Crippen LogP contribution in [0.15, 0.2) is 23.9 Å². The van der Waals surface area contributed by atoms with E-state index in [0.717, 1.165) is 19.5 Å². The first-order valence-electron chi connectivity index (χ1n) is 5.59. The van der Waals surface area contributed by atoms with Gasteiger partial charge in [-0.2, -0.15) is 0 Å². The minimum atomic E-state index is -0.516. The van der Waals surface area contributed by atoms with Gasteiger partial charge in [-0.3, -0.25) is 10.1 Å². The maximum Gasteiger partial charge on any atom is 0.289 e. The molecule has 0 radical (unpaired) electrons. The van der Waals surface area contributed by atoms with E-state index in [9.17, 15) is 10.1 Å². The fourth-order valence-electron chi connectivity index (χ4n) is 1.69. The molecule has 2 heterocycles. The van der Waals surface area contributed by atoms with Gasteiger partial charge in [0.1, 0.15) is 12.0 Å². The van der Waals surface area contributed by atoms with Gasteiger partial charge in [0.2, 0.25) is 0 Å². The molecule has 0 unspecified atom stereocenters. The van der Waals surface area contributed by atoms with Gasteiger partial charge in [0.05, 0.1) is 9.95 Å². The number of pyridine rings is 1. The number of hydrogen-bond donors (Lipinski definition) is 2. The fourth-order valence-corrected chi connectivity index (χ4v) is 1.91. The largest absolute Gasteiger partial charge is 0.365 e. The van der Waals surface area contributed by atoms with Crippen molar-refractivity contribution in [3.05, 3.63) is 39.0 Å². The van der Waals surface area contributed by atoms with Gasteiger partial charge in [-0.25, -0.2) is 4.98 Å². The van der Waals surface area contributed by atoms with Crippen LogP contribution in [0.5, 0.6) is 0 Å². The maximum absolute atomic E-state index is 10.5. The lowest BCUT2D eigenvalue weighted by atomic mass is 10.1. The van der Waals surface area contributed by atoms with Crippen molar-refractivity contribution in [1.29, 1.82) is 0 Å². The lowest BCUT2D eigenvalue weighted by Gasteiger charge is -2.15. The Kier molecular flexibility index (Phi) is 4.11. The second-order valence-corrected chi connectivity index (χ2v) is 4.36. The quantitative estimate of drug-likeness (QED) is 0.496. The standard InChI is InChI=1S/C11H13ClN4O2/c12-10-5-9(16(17)18)7-15-11(10)14-6-8-1-3-13-4-2-8/h1,5,7,13H,2-4,6H2,(H,14,15). The Morgan fingerprint density at radius 1 is 1.61 bits per heavy atom. The number of nitrogens with zero attached hydrogens (tertiary/aromatic N) is 2. The van der Waals surface area contributed by atoms with Crippen molar-refractivity contribution in [2.45, 2.75) is 6.42 Å². The number of nitrogens with one attached hydrogen (secondary N) is 2. The van der Waals surface area contributed by atoms with Gasteiger partial charge in [-0.15, -0.1) is 0 Å². The third kappa shape index (κ3) is 3.18. The molecule has 1 aromatic rings. The van der Waals surface area contributed by atoms with E-state index in [-0.39, 0.29) is 10.7 Å². The van der Waals surface area contributed by atoms with Crippen molar-refractivity contribution in [2.24, 2.45) is 0 Å². The molecule has 6 nitrogen and oxygen atoms in total. The molecule has 0 aliphatic carbocycles. The van der Waals surface area contributed by atoms with Crippen LogP contribution in [-0.4, -0.2) is 29.5 Å². The van der Waals surface area contributed by atoms with E-state index in [0.29, 0.717) is 12.4 Å². The molecular weight excluding hydrogens is 256 g/mol. The van der Waals surface area contributed by atoms with Crippen LogP contribution in [0.3, 0.4) is 0 Å². The first-order chi connectivity index (χ1) is 8.66. The summed E-state index contributed by atoms with van der Waals surface area (Å²) in [6.45, 7) is 2.50.